The molecule has 4 aliphatic heterocycles. The van der Waals surface area contributed by atoms with Gasteiger partial charge in [0.2, 0.25) is 11.8 Å². The zero-order chi connectivity index (χ0) is 19.2. The van der Waals surface area contributed by atoms with Crippen LogP contribution in [0.1, 0.15) is 46.5 Å². The topological polar surface area (TPSA) is 79.9 Å². The minimum Gasteiger partial charge on any atom is -0.381 e. The van der Waals surface area contributed by atoms with Gasteiger partial charge in [0.1, 0.15) is 5.54 Å². The van der Waals surface area contributed by atoms with Gasteiger partial charge in [-0.05, 0) is 39.5 Å². The second-order valence-corrected chi connectivity index (χ2v) is 9.32. The summed E-state index contributed by atoms with van der Waals surface area (Å²) in [5.41, 5.74) is -0.905. The highest BCUT2D eigenvalue weighted by Gasteiger charge is 2.63. The molecule has 0 unspecified atom stereocenters. The number of hydrogen-bond acceptors (Lipinski definition) is 5. The molecule has 7 nitrogen and oxygen atoms in total. The number of carbonyl (C=O) groups is 2. The first-order valence-electron chi connectivity index (χ1n) is 10.4. The highest BCUT2D eigenvalue weighted by Crippen LogP contribution is 2.55. The van der Waals surface area contributed by atoms with E-state index < -0.39 is 5.54 Å². The fraction of sp³-hybridized carbons (Fsp3) is 0.900. The molecule has 4 heterocycles. The number of likely N-dealkylation sites (tertiary alicyclic amines) is 1. The molecule has 2 bridgehead atoms. The van der Waals surface area contributed by atoms with Gasteiger partial charge in [-0.2, -0.15) is 0 Å². The molecule has 4 aliphatic rings. The molecule has 4 saturated heterocycles. The fourth-order valence-electron chi connectivity index (χ4n) is 5.76. The zero-order valence-corrected chi connectivity index (χ0v) is 16.8. The van der Waals surface area contributed by atoms with Crippen LogP contribution in [0.2, 0.25) is 0 Å². The monoisotopic (exact) mass is 379 g/mol. The lowest BCUT2D eigenvalue weighted by atomic mass is 9.73. The van der Waals surface area contributed by atoms with Gasteiger partial charge in [-0.15, -0.1) is 0 Å². The van der Waals surface area contributed by atoms with Crippen molar-refractivity contribution < 1.29 is 19.1 Å². The van der Waals surface area contributed by atoms with Crippen molar-refractivity contribution in [3.8, 4) is 0 Å². The Bertz CT molecular complexity index is 604. The summed E-state index contributed by atoms with van der Waals surface area (Å²) < 4.78 is 12.0. The smallest absolute Gasteiger partial charge is 0.245 e. The first kappa shape index (κ1) is 19.2. The predicted molar refractivity (Wildman–Crippen MR) is 100 cm³/mol. The molecule has 0 radical (unpaired) electrons. The Morgan fingerprint density at radius 1 is 1.22 bits per heavy atom. The van der Waals surface area contributed by atoms with Gasteiger partial charge in [0, 0.05) is 57.6 Å². The molecule has 2 N–H and O–H groups in total. The van der Waals surface area contributed by atoms with E-state index in [0.717, 1.165) is 52.0 Å². The van der Waals surface area contributed by atoms with Gasteiger partial charge in [-0.25, -0.2) is 0 Å². The van der Waals surface area contributed by atoms with Gasteiger partial charge < -0.3 is 20.1 Å². The SMILES string of the molecule is CC(=O)NC(C)(C)C(=O)NC[C@H]1[C@H]2CN(C3CCOCC3)C[C@]23CC[C@H]1O3. The standard InChI is InChI=1S/C20H33N3O4/c1-13(24)22-19(2,3)18(25)21-10-15-16-11-23(14-5-8-26-9-6-14)12-20(16)7-4-17(15)27-20/h14-17H,4-12H2,1-3H3,(H,21,25)(H,22,24)/t15-,16+,17+,20+/m0/s1. The lowest BCUT2D eigenvalue weighted by molar-refractivity contribution is -0.131. The van der Waals surface area contributed by atoms with Crippen molar-refractivity contribution in [3.63, 3.8) is 0 Å². The van der Waals surface area contributed by atoms with Crippen molar-refractivity contribution in [1.82, 2.24) is 15.5 Å². The molecule has 2 amide bonds. The van der Waals surface area contributed by atoms with Gasteiger partial charge in [-0.3, -0.25) is 14.5 Å². The summed E-state index contributed by atoms with van der Waals surface area (Å²) >= 11 is 0. The van der Waals surface area contributed by atoms with Crippen LogP contribution in [0.3, 0.4) is 0 Å². The Hall–Kier alpha value is -1.18. The molecule has 0 aromatic carbocycles. The molecule has 0 aromatic rings. The van der Waals surface area contributed by atoms with E-state index in [0.29, 0.717) is 24.4 Å². The Balaban J connectivity index is 1.38. The third-order valence-corrected chi connectivity index (χ3v) is 7.07. The average Bonchev–Trinajstić information content (AvgIpc) is 3.27. The largest absolute Gasteiger partial charge is 0.381 e. The van der Waals surface area contributed by atoms with E-state index in [2.05, 4.69) is 15.5 Å². The third kappa shape index (κ3) is 3.49. The zero-order valence-electron chi connectivity index (χ0n) is 16.8. The molecule has 0 aromatic heterocycles. The van der Waals surface area contributed by atoms with E-state index in [1.165, 1.54) is 6.92 Å². The quantitative estimate of drug-likeness (QED) is 0.734. The van der Waals surface area contributed by atoms with Gasteiger partial charge in [0.05, 0.1) is 11.7 Å². The number of amides is 2. The molecule has 1 spiro atoms. The van der Waals surface area contributed by atoms with Crippen LogP contribution in [0.25, 0.3) is 0 Å². The highest BCUT2D eigenvalue weighted by molar-refractivity contribution is 5.90. The number of nitrogens with zero attached hydrogens (tertiary/aromatic N) is 1. The molecule has 0 saturated carbocycles. The maximum absolute atomic E-state index is 12.6. The average molecular weight is 380 g/mol. The minimum atomic E-state index is -0.897. The van der Waals surface area contributed by atoms with E-state index in [9.17, 15) is 9.59 Å². The van der Waals surface area contributed by atoms with Crippen molar-refractivity contribution in [2.24, 2.45) is 11.8 Å². The normalized spacial score (nSPS) is 36.6. The first-order chi connectivity index (χ1) is 12.8. The van der Waals surface area contributed by atoms with Crippen molar-refractivity contribution in [1.29, 1.82) is 0 Å². The fourth-order valence-corrected chi connectivity index (χ4v) is 5.76. The number of fused-ring (bicyclic) bond motifs is 1. The Morgan fingerprint density at radius 2 is 1.96 bits per heavy atom. The maximum atomic E-state index is 12.6. The number of rotatable bonds is 5. The first-order valence-corrected chi connectivity index (χ1v) is 10.4. The highest BCUT2D eigenvalue weighted by atomic mass is 16.5. The van der Waals surface area contributed by atoms with Crippen LogP contribution in [-0.4, -0.2) is 72.8 Å². The number of hydrogen-bond donors (Lipinski definition) is 2. The van der Waals surface area contributed by atoms with Gasteiger partial charge in [0.15, 0.2) is 0 Å². The van der Waals surface area contributed by atoms with Crippen molar-refractivity contribution in [2.75, 3.05) is 32.8 Å². The van der Waals surface area contributed by atoms with Crippen LogP contribution >= 0.6 is 0 Å². The van der Waals surface area contributed by atoms with Crippen LogP contribution in [0, 0.1) is 11.8 Å². The van der Waals surface area contributed by atoms with Crippen LogP contribution in [0.5, 0.6) is 0 Å². The van der Waals surface area contributed by atoms with Gasteiger partial charge in [0.25, 0.3) is 0 Å². The maximum Gasteiger partial charge on any atom is 0.245 e. The summed E-state index contributed by atoms with van der Waals surface area (Å²) in [5.74, 6) is 0.526. The van der Waals surface area contributed by atoms with Crippen molar-refractivity contribution in [2.45, 2.75) is 69.7 Å². The number of nitrogens with one attached hydrogen (secondary N) is 2. The Kier molecular flexibility index (Phi) is 4.97. The van der Waals surface area contributed by atoms with E-state index in [4.69, 9.17) is 9.47 Å². The molecular formula is C20H33N3O4. The van der Waals surface area contributed by atoms with Gasteiger partial charge >= 0.3 is 0 Å². The molecule has 4 atom stereocenters. The van der Waals surface area contributed by atoms with E-state index in [1.54, 1.807) is 13.8 Å². The minimum absolute atomic E-state index is 0.00842. The molecule has 0 aliphatic carbocycles. The molecule has 27 heavy (non-hydrogen) atoms. The lowest BCUT2D eigenvalue weighted by Gasteiger charge is -2.32. The Morgan fingerprint density at radius 3 is 2.67 bits per heavy atom. The summed E-state index contributed by atoms with van der Waals surface area (Å²) in [7, 11) is 0. The van der Waals surface area contributed by atoms with E-state index in [1.807, 2.05) is 0 Å². The summed E-state index contributed by atoms with van der Waals surface area (Å²) in [6.45, 7) is 9.36. The number of ether oxygens (including phenoxy) is 2. The predicted octanol–water partition coefficient (Wildman–Crippen LogP) is 0.676. The molecule has 7 heteroatoms. The van der Waals surface area contributed by atoms with Crippen LogP contribution < -0.4 is 10.6 Å². The van der Waals surface area contributed by atoms with Crippen LogP contribution in [0.15, 0.2) is 0 Å². The van der Waals surface area contributed by atoms with Crippen LogP contribution in [0.4, 0.5) is 0 Å². The summed E-state index contributed by atoms with van der Waals surface area (Å²) in [6.07, 6.45) is 4.71. The van der Waals surface area contributed by atoms with Crippen molar-refractivity contribution in [3.05, 3.63) is 0 Å². The molecule has 4 rings (SSSR count). The van der Waals surface area contributed by atoms with E-state index >= 15 is 0 Å². The second-order valence-electron chi connectivity index (χ2n) is 9.32. The summed E-state index contributed by atoms with van der Waals surface area (Å²) in [4.78, 5) is 26.5. The molecule has 152 valence electrons. The lowest BCUT2D eigenvalue weighted by Crippen LogP contribution is -2.55. The van der Waals surface area contributed by atoms with Gasteiger partial charge in [-0.1, -0.05) is 0 Å². The van der Waals surface area contributed by atoms with Crippen LogP contribution in [-0.2, 0) is 19.1 Å². The Labute approximate surface area is 161 Å². The summed E-state index contributed by atoms with van der Waals surface area (Å²) in [5, 5.41) is 5.81. The molecule has 4 fully saturated rings. The number of carbonyl (C=O) groups excluding carboxylic acids is 2. The second kappa shape index (κ2) is 7.01. The summed E-state index contributed by atoms with van der Waals surface area (Å²) in [6, 6.07) is 0.607. The van der Waals surface area contributed by atoms with Crippen molar-refractivity contribution >= 4 is 11.8 Å². The van der Waals surface area contributed by atoms with E-state index in [-0.39, 0.29) is 23.5 Å². The third-order valence-electron chi connectivity index (χ3n) is 7.07. The molecular weight excluding hydrogens is 346 g/mol.